The number of hydrogen-bond acceptors (Lipinski definition) is 0. The highest BCUT2D eigenvalue weighted by Gasteiger charge is 2.34. The van der Waals surface area contributed by atoms with Crippen LogP contribution in [0.2, 0.25) is 0 Å². The van der Waals surface area contributed by atoms with Gasteiger partial charge in [-0.05, 0) is 36.5 Å². The second-order valence-electron chi connectivity index (χ2n) is 6.92. The Morgan fingerprint density at radius 2 is 1.64 bits per heavy atom. The molecule has 0 aliphatic carbocycles. The lowest BCUT2D eigenvalue weighted by molar-refractivity contribution is 0.408. The monoisotopic (exact) mass is 291 g/mol. The zero-order valence-corrected chi connectivity index (χ0v) is 14.2. The Hall–Kier alpha value is -2.02. The van der Waals surface area contributed by atoms with Crippen LogP contribution >= 0.6 is 0 Å². The molecule has 3 rings (SSSR count). The average Bonchev–Trinajstić information content (AvgIpc) is 2.93. The molecule has 0 fully saturated rings. The molecule has 1 heterocycles. The molecule has 0 saturated carbocycles. The van der Waals surface area contributed by atoms with E-state index < -0.39 is 0 Å². The molecule has 2 aromatic carbocycles. The second-order valence-corrected chi connectivity index (χ2v) is 6.92. The summed E-state index contributed by atoms with van der Waals surface area (Å²) in [5.41, 5.74) is 6.65. The number of nitrogens with one attached hydrogen (secondary N) is 1. The maximum absolute atomic E-state index is 3.50. The van der Waals surface area contributed by atoms with Gasteiger partial charge >= 0.3 is 0 Å². The number of rotatable bonds is 3. The van der Waals surface area contributed by atoms with Crippen LogP contribution in [0, 0.1) is 19.8 Å². The zero-order chi connectivity index (χ0) is 15.9. The number of aromatic nitrogens is 1. The van der Waals surface area contributed by atoms with Gasteiger partial charge in [-0.1, -0.05) is 68.8 Å². The fourth-order valence-electron chi connectivity index (χ4n) is 3.44. The molecule has 0 aliphatic rings. The molecule has 1 aromatic heterocycles. The third-order valence-corrected chi connectivity index (χ3v) is 5.29. The van der Waals surface area contributed by atoms with Crippen molar-refractivity contribution in [3.63, 3.8) is 0 Å². The molecule has 114 valence electrons. The molecule has 22 heavy (non-hydrogen) atoms. The summed E-state index contributed by atoms with van der Waals surface area (Å²) >= 11 is 0. The topological polar surface area (TPSA) is 15.8 Å². The Kier molecular flexibility index (Phi) is 3.60. The Morgan fingerprint density at radius 1 is 0.955 bits per heavy atom. The van der Waals surface area contributed by atoms with Gasteiger partial charge in [-0.2, -0.15) is 0 Å². The first-order valence-electron chi connectivity index (χ1n) is 8.09. The van der Waals surface area contributed by atoms with Crippen molar-refractivity contribution in [2.45, 2.75) is 40.0 Å². The first-order valence-corrected chi connectivity index (χ1v) is 8.09. The number of hydrogen-bond donors (Lipinski definition) is 1. The highest BCUT2D eigenvalue weighted by atomic mass is 14.7. The van der Waals surface area contributed by atoms with Gasteiger partial charge in [0.1, 0.15) is 0 Å². The number of para-hydroxylation sites is 1. The summed E-state index contributed by atoms with van der Waals surface area (Å²) < 4.78 is 0. The van der Waals surface area contributed by atoms with Crippen LogP contribution in [0.3, 0.4) is 0 Å². The number of aryl methyl sites for hydroxylation is 2. The Balaban J connectivity index is 2.26. The fraction of sp³-hybridized carbons (Fsp3) is 0.333. The Labute approximate surface area is 133 Å². The summed E-state index contributed by atoms with van der Waals surface area (Å²) in [5.74, 6) is 0.509. The summed E-state index contributed by atoms with van der Waals surface area (Å²) in [5, 5.41) is 1.34. The molecule has 3 aromatic rings. The van der Waals surface area contributed by atoms with Crippen molar-refractivity contribution in [1.82, 2.24) is 4.98 Å². The third kappa shape index (κ3) is 2.16. The average molecular weight is 291 g/mol. The van der Waals surface area contributed by atoms with Gasteiger partial charge in [-0.25, -0.2) is 0 Å². The molecular weight excluding hydrogens is 266 g/mol. The molecule has 0 aliphatic heterocycles. The van der Waals surface area contributed by atoms with Crippen molar-refractivity contribution in [2.24, 2.45) is 5.92 Å². The lowest BCUT2D eigenvalue weighted by Crippen LogP contribution is -2.29. The van der Waals surface area contributed by atoms with Crippen molar-refractivity contribution >= 4 is 10.9 Å². The minimum Gasteiger partial charge on any atom is -0.361 e. The van der Waals surface area contributed by atoms with E-state index in [0.717, 1.165) is 0 Å². The van der Waals surface area contributed by atoms with Crippen LogP contribution in [0.25, 0.3) is 10.9 Å². The van der Waals surface area contributed by atoms with Crippen LogP contribution in [0.5, 0.6) is 0 Å². The van der Waals surface area contributed by atoms with Crippen molar-refractivity contribution in [3.05, 3.63) is 70.9 Å². The molecule has 1 nitrogen and oxygen atoms in total. The van der Waals surface area contributed by atoms with E-state index in [1.54, 1.807) is 0 Å². The third-order valence-electron chi connectivity index (χ3n) is 5.29. The molecule has 1 heteroatoms. The van der Waals surface area contributed by atoms with E-state index in [4.69, 9.17) is 0 Å². The van der Waals surface area contributed by atoms with Gasteiger partial charge in [0.15, 0.2) is 0 Å². The lowest BCUT2D eigenvalue weighted by atomic mass is 9.68. The predicted molar refractivity (Wildman–Crippen MR) is 95.5 cm³/mol. The van der Waals surface area contributed by atoms with Gasteiger partial charge in [-0.3, -0.25) is 0 Å². The normalized spacial score (nSPS) is 14.5. The van der Waals surface area contributed by atoms with Crippen molar-refractivity contribution < 1.29 is 0 Å². The number of benzene rings is 2. The van der Waals surface area contributed by atoms with E-state index >= 15 is 0 Å². The van der Waals surface area contributed by atoms with E-state index in [1.807, 2.05) is 0 Å². The lowest BCUT2D eigenvalue weighted by Gasteiger charge is -2.35. The van der Waals surface area contributed by atoms with Crippen LogP contribution in [0.1, 0.15) is 43.0 Å². The van der Waals surface area contributed by atoms with Gasteiger partial charge in [0.2, 0.25) is 0 Å². The van der Waals surface area contributed by atoms with E-state index in [9.17, 15) is 0 Å². The van der Waals surface area contributed by atoms with Gasteiger partial charge in [-0.15, -0.1) is 0 Å². The van der Waals surface area contributed by atoms with E-state index in [2.05, 4.69) is 88.3 Å². The zero-order valence-electron chi connectivity index (χ0n) is 14.2. The number of fused-ring (bicyclic) bond motifs is 1. The summed E-state index contributed by atoms with van der Waals surface area (Å²) in [6.07, 6.45) is 2.21. The molecular formula is C21H25N. The number of H-pyrrole nitrogens is 1. The van der Waals surface area contributed by atoms with E-state index in [0.29, 0.717) is 5.92 Å². The smallest absolute Gasteiger partial charge is 0.0486 e. The largest absolute Gasteiger partial charge is 0.361 e. The molecule has 0 bridgehead atoms. The molecule has 0 amide bonds. The van der Waals surface area contributed by atoms with Crippen molar-refractivity contribution in [2.75, 3.05) is 0 Å². The Bertz CT molecular complexity index is 792. The summed E-state index contributed by atoms with van der Waals surface area (Å²) in [4.78, 5) is 3.50. The van der Waals surface area contributed by atoms with E-state index in [-0.39, 0.29) is 5.41 Å². The molecule has 0 radical (unpaired) electrons. The fourth-order valence-corrected chi connectivity index (χ4v) is 3.44. The van der Waals surface area contributed by atoms with Gasteiger partial charge in [0.25, 0.3) is 0 Å². The summed E-state index contributed by atoms with van der Waals surface area (Å²) in [7, 11) is 0. The standard InChI is InChI=1S/C21H25N/c1-14(2)21(5,17-11-9-15(3)10-12-17)19-13-22-20-16(4)7-6-8-18(19)20/h6-14,22H,1-5H3. The van der Waals surface area contributed by atoms with Crippen LogP contribution in [-0.4, -0.2) is 4.98 Å². The molecule has 1 unspecified atom stereocenters. The van der Waals surface area contributed by atoms with Crippen molar-refractivity contribution in [3.8, 4) is 0 Å². The number of aromatic amines is 1. The molecule has 0 saturated heterocycles. The quantitative estimate of drug-likeness (QED) is 0.632. The SMILES string of the molecule is Cc1ccc(C(C)(c2c[nH]c3c(C)cccc23)C(C)C)cc1. The highest BCUT2D eigenvalue weighted by Crippen LogP contribution is 2.42. The second kappa shape index (κ2) is 5.31. The molecule has 1 N–H and O–H groups in total. The maximum Gasteiger partial charge on any atom is 0.0486 e. The molecule has 1 atom stereocenters. The van der Waals surface area contributed by atoms with Crippen LogP contribution in [0.4, 0.5) is 0 Å². The Morgan fingerprint density at radius 3 is 2.27 bits per heavy atom. The van der Waals surface area contributed by atoms with E-state index in [1.165, 1.54) is 33.2 Å². The maximum atomic E-state index is 3.50. The van der Waals surface area contributed by atoms with Crippen LogP contribution < -0.4 is 0 Å². The minimum atomic E-state index is -0.000255. The highest BCUT2D eigenvalue weighted by molar-refractivity contribution is 5.87. The van der Waals surface area contributed by atoms with Gasteiger partial charge in [0.05, 0.1) is 0 Å². The predicted octanol–water partition coefficient (Wildman–Crippen LogP) is 5.75. The first-order chi connectivity index (χ1) is 10.4. The van der Waals surface area contributed by atoms with Gasteiger partial charge in [0, 0.05) is 22.5 Å². The summed E-state index contributed by atoms with van der Waals surface area (Å²) in [6, 6.07) is 15.6. The minimum absolute atomic E-state index is 0.000255. The van der Waals surface area contributed by atoms with Crippen molar-refractivity contribution in [1.29, 1.82) is 0 Å². The van der Waals surface area contributed by atoms with Crippen LogP contribution in [-0.2, 0) is 5.41 Å². The first kappa shape index (κ1) is 14.9. The molecule has 0 spiro atoms. The summed E-state index contributed by atoms with van der Waals surface area (Å²) in [6.45, 7) is 11.3. The van der Waals surface area contributed by atoms with Gasteiger partial charge < -0.3 is 4.98 Å². The van der Waals surface area contributed by atoms with Crippen LogP contribution in [0.15, 0.2) is 48.7 Å².